The third kappa shape index (κ3) is 7.00. The number of hydrogen-bond donors (Lipinski definition) is 2. The molecule has 0 saturated heterocycles. The second-order valence-corrected chi connectivity index (χ2v) is 4.46. The Morgan fingerprint density at radius 2 is 2.05 bits per heavy atom. The molecular weight excluding hydrogens is 274 g/mol. The van der Waals surface area contributed by atoms with Crippen molar-refractivity contribution in [2.75, 3.05) is 13.2 Å². The molecule has 2 N–H and O–H groups in total. The van der Waals surface area contributed by atoms with Crippen LogP contribution in [0.1, 0.15) is 12.5 Å². The van der Waals surface area contributed by atoms with E-state index in [4.69, 9.17) is 14.6 Å². The molecule has 21 heavy (non-hydrogen) atoms. The summed E-state index contributed by atoms with van der Waals surface area (Å²) in [5, 5.41) is 11.2. The van der Waals surface area contributed by atoms with Crippen LogP contribution in [-0.2, 0) is 16.0 Å². The summed E-state index contributed by atoms with van der Waals surface area (Å²) in [7, 11) is 0. The van der Waals surface area contributed by atoms with Crippen LogP contribution in [0.25, 0.3) is 0 Å². The van der Waals surface area contributed by atoms with E-state index in [0.717, 1.165) is 5.56 Å². The second-order valence-electron chi connectivity index (χ2n) is 4.46. The van der Waals surface area contributed by atoms with Crippen molar-refractivity contribution in [2.45, 2.75) is 19.4 Å². The summed E-state index contributed by atoms with van der Waals surface area (Å²) in [4.78, 5) is 21.7. The summed E-state index contributed by atoms with van der Waals surface area (Å²) in [5.41, 5.74) is 0.995. The van der Waals surface area contributed by atoms with Crippen molar-refractivity contribution in [2.24, 2.45) is 0 Å². The molecule has 1 aromatic rings. The molecule has 1 unspecified atom stereocenters. The van der Waals surface area contributed by atoms with Crippen molar-refractivity contribution in [3.8, 4) is 5.75 Å². The monoisotopic (exact) mass is 293 g/mol. The summed E-state index contributed by atoms with van der Waals surface area (Å²) in [6, 6.07) is 6.95. The lowest BCUT2D eigenvalue weighted by Crippen LogP contribution is -2.34. The zero-order valence-electron chi connectivity index (χ0n) is 11.9. The first-order chi connectivity index (χ1) is 10.0. The van der Waals surface area contributed by atoms with E-state index < -0.39 is 12.1 Å². The Morgan fingerprint density at radius 3 is 2.62 bits per heavy atom. The normalized spacial score (nSPS) is 11.3. The number of hydrogen-bond acceptors (Lipinski definition) is 4. The maximum atomic E-state index is 11.3. The van der Waals surface area contributed by atoms with Gasteiger partial charge in [-0.05, 0) is 31.0 Å². The molecule has 114 valence electrons. The maximum absolute atomic E-state index is 11.3. The van der Waals surface area contributed by atoms with Gasteiger partial charge >= 0.3 is 12.1 Å². The molecule has 0 fully saturated rings. The zero-order chi connectivity index (χ0) is 15.7. The van der Waals surface area contributed by atoms with Crippen LogP contribution in [0.2, 0.25) is 0 Å². The van der Waals surface area contributed by atoms with Crippen LogP contribution in [0.4, 0.5) is 4.79 Å². The van der Waals surface area contributed by atoms with Crippen LogP contribution in [0.3, 0.4) is 0 Å². The van der Waals surface area contributed by atoms with Crippen molar-refractivity contribution in [3.63, 3.8) is 0 Å². The molecule has 1 aromatic carbocycles. The van der Waals surface area contributed by atoms with Gasteiger partial charge in [0.05, 0.1) is 0 Å². The van der Waals surface area contributed by atoms with E-state index >= 15 is 0 Å². The number of rotatable bonds is 8. The van der Waals surface area contributed by atoms with E-state index in [9.17, 15) is 9.59 Å². The van der Waals surface area contributed by atoms with Crippen LogP contribution < -0.4 is 10.1 Å². The molecular formula is C15H19NO5. The highest BCUT2D eigenvalue weighted by Gasteiger charge is 2.08. The number of carboxylic acid groups (broad SMARTS) is 1. The van der Waals surface area contributed by atoms with Crippen molar-refractivity contribution in [3.05, 3.63) is 42.5 Å². The van der Waals surface area contributed by atoms with Gasteiger partial charge in [-0.1, -0.05) is 24.8 Å². The molecule has 1 amide bonds. The van der Waals surface area contributed by atoms with E-state index in [-0.39, 0.29) is 19.3 Å². The van der Waals surface area contributed by atoms with Gasteiger partial charge in [-0.25, -0.2) is 9.59 Å². The summed E-state index contributed by atoms with van der Waals surface area (Å²) >= 11 is 0. The largest absolute Gasteiger partial charge is 0.482 e. The van der Waals surface area contributed by atoms with Crippen molar-refractivity contribution < 1.29 is 24.2 Å². The van der Waals surface area contributed by atoms with Crippen LogP contribution in [0.5, 0.6) is 5.75 Å². The standard InChI is InChI=1S/C15H19NO5/c1-3-8-20-15(19)16-11(2)9-12-4-6-13(7-5-12)21-10-14(17)18/h3-7,11H,1,8-10H2,2H3,(H,16,19)(H,17,18). The first kappa shape index (κ1) is 16.6. The molecule has 6 heteroatoms. The average molecular weight is 293 g/mol. The Bertz CT molecular complexity index is 483. The van der Waals surface area contributed by atoms with Crippen molar-refractivity contribution in [1.82, 2.24) is 5.32 Å². The summed E-state index contributed by atoms with van der Waals surface area (Å²) in [5.74, 6) is -0.526. The molecule has 0 radical (unpaired) electrons. The topological polar surface area (TPSA) is 84.9 Å². The lowest BCUT2D eigenvalue weighted by molar-refractivity contribution is -0.139. The van der Waals surface area contributed by atoms with Gasteiger partial charge in [0.2, 0.25) is 0 Å². The van der Waals surface area contributed by atoms with Gasteiger partial charge in [0.25, 0.3) is 0 Å². The zero-order valence-corrected chi connectivity index (χ0v) is 11.9. The Balaban J connectivity index is 2.42. The number of benzene rings is 1. The van der Waals surface area contributed by atoms with Gasteiger partial charge in [-0.3, -0.25) is 0 Å². The molecule has 0 aromatic heterocycles. The Labute approximate surface area is 123 Å². The fourth-order valence-electron chi connectivity index (χ4n) is 1.65. The molecule has 1 rings (SSSR count). The lowest BCUT2D eigenvalue weighted by atomic mass is 10.1. The van der Waals surface area contributed by atoms with Gasteiger partial charge < -0.3 is 19.9 Å². The highest BCUT2D eigenvalue weighted by molar-refractivity contribution is 5.68. The first-order valence-corrected chi connectivity index (χ1v) is 6.49. The SMILES string of the molecule is C=CCOC(=O)NC(C)Cc1ccc(OCC(=O)O)cc1. The molecule has 0 heterocycles. The van der Waals surface area contributed by atoms with E-state index in [0.29, 0.717) is 12.2 Å². The number of nitrogens with one attached hydrogen (secondary N) is 1. The van der Waals surface area contributed by atoms with E-state index in [1.807, 2.05) is 19.1 Å². The molecule has 1 atom stereocenters. The quantitative estimate of drug-likeness (QED) is 0.716. The Kier molecular flexibility index (Phi) is 6.80. The molecule has 0 aliphatic heterocycles. The first-order valence-electron chi connectivity index (χ1n) is 6.49. The molecule has 0 saturated carbocycles. The van der Waals surface area contributed by atoms with Gasteiger partial charge in [0.1, 0.15) is 12.4 Å². The number of carboxylic acids is 1. The summed E-state index contributed by atoms with van der Waals surface area (Å²) in [6.45, 7) is 5.13. The highest BCUT2D eigenvalue weighted by atomic mass is 16.5. The van der Waals surface area contributed by atoms with Crippen LogP contribution in [0.15, 0.2) is 36.9 Å². The minimum absolute atomic E-state index is 0.0897. The molecule has 6 nitrogen and oxygen atoms in total. The van der Waals surface area contributed by atoms with Crippen LogP contribution in [-0.4, -0.2) is 36.4 Å². The number of carbonyl (C=O) groups is 2. The molecule has 0 spiro atoms. The highest BCUT2D eigenvalue weighted by Crippen LogP contribution is 2.13. The average Bonchev–Trinajstić information content (AvgIpc) is 2.44. The summed E-state index contributed by atoms with van der Waals surface area (Å²) < 4.78 is 9.87. The van der Waals surface area contributed by atoms with Crippen molar-refractivity contribution >= 4 is 12.1 Å². The molecule has 0 aliphatic rings. The van der Waals surface area contributed by atoms with Gasteiger partial charge in [-0.2, -0.15) is 0 Å². The number of aliphatic carboxylic acids is 1. The van der Waals surface area contributed by atoms with Gasteiger partial charge in [-0.15, -0.1) is 0 Å². The van der Waals surface area contributed by atoms with Gasteiger partial charge in [0.15, 0.2) is 6.61 Å². The van der Waals surface area contributed by atoms with Crippen LogP contribution in [0, 0.1) is 0 Å². The van der Waals surface area contributed by atoms with Gasteiger partial charge in [0, 0.05) is 6.04 Å². The number of carbonyl (C=O) groups excluding carboxylic acids is 1. The fraction of sp³-hybridized carbons (Fsp3) is 0.333. The Morgan fingerprint density at radius 1 is 1.38 bits per heavy atom. The molecule has 0 aliphatic carbocycles. The van der Waals surface area contributed by atoms with E-state index in [1.165, 1.54) is 6.08 Å². The minimum Gasteiger partial charge on any atom is -0.482 e. The predicted octanol–water partition coefficient (Wildman–Crippen LogP) is 1.99. The minimum atomic E-state index is -1.02. The second kappa shape index (κ2) is 8.63. The third-order valence-corrected chi connectivity index (χ3v) is 2.52. The van der Waals surface area contributed by atoms with Crippen LogP contribution >= 0.6 is 0 Å². The molecule has 0 bridgehead atoms. The van der Waals surface area contributed by atoms with E-state index in [2.05, 4.69) is 11.9 Å². The smallest absolute Gasteiger partial charge is 0.407 e. The number of ether oxygens (including phenoxy) is 2. The third-order valence-electron chi connectivity index (χ3n) is 2.52. The predicted molar refractivity (Wildman–Crippen MR) is 77.4 cm³/mol. The lowest BCUT2D eigenvalue weighted by Gasteiger charge is -2.14. The maximum Gasteiger partial charge on any atom is 0.407 e. The Hall–Kier alpha value is -2.50. The number of alkyl carbamates (subject to hydrolysis) is 1. The summed E-state index contributed by atoms with van der Waals surface area (Å²) in [6.07, 6.45) is 1.64. The van der Waals surface area contributed by atoms with E-state index in [1.54, 1.807) is 12.1 Å². The fourth-order valence-corrected chi connectivity index (χ4v) is 1.65. The van der Waals surface area contributed by atoms with Crippen molar-refractivity contribution in [1.29, 1.82) is 0 Å². The number of amides is 1.